The Morgan fingerprint density at radius 3 is 2.73 bits per heavy atom. The largest absolute Gasteiger partial charge is 0.368 e. The molecule has 4 rings (SSSR count). The van der Waals surface area contributed by atoms with Crippen molar-refractivity contribution in [2.45, 2.75) is 26.3 Å². The summed E-state index contributed by atoms with van der Waals surface area (Å²) >= 11 is 3.60. The van der Waals surface area contributed by atoms with E-state index in [2.05, 4.69) is 66.0 Å². The average molecular weight is 416 g/mol. The van der Waals surface area contributed by atoms with Crippen molar-refractivity contribution >= 4 is 32.5 Å². The van der Waals surface area contributed by atoms with E-state index >= 15 is 0 Å². The number of para-hydroxylation sites is 1. The smallest absolute Gasteiger partial charge is 0.243 e. The van der Waals surface area contributed by atoms with Crippen LogP contribution in [0.15, 0.2) is 39.5 Å². The normalized spacial score (nSPS) is 17.0. The Balaban J connectivity index is 1.49. The van der Waals surface area contributed by atoms with Crippen LogP contribution >= 0.6 is 15.9 Å². The van der Waals surface area contributed by atoms with E-state index in [9.17, 15) is 0 Å². The number of hydrogen-bond donors (Lipinski definition) is 0. The van der Waals surface area contributed by atoms with Crippen LogP contribution in [0.5, 0.6) is 0 Å². The minimum Gasteiger partial charge on any atom is -0.368 e. The SMILES string of the molecule is CCc1noc(C(C)N2CCN(c3ccnc4c(Br)cccc34)CC2)n1. The Labute approximate surface area is 161 Å². The van der Waals surface area contributed by atoms with Crippen LogP contribution in [0.1, 0.15) is 31.6 Å². The summed E-state index contributed by atoms with van der Waals surface area (Å²) in [6.45, 7) is 8.03. The van der Waals surface area contributed by atoms with Crippen molar-refractivity contribution in [2.75, 3.05) is 31.1 Å². The van der Waals surface area contributed by atoms with Gasteiger partial charge in [0.25, 0.3) is 0 Å². The zero-order valence-electron chi connectivity index (χ0n) is 15.0. The van der Waals surface area contributed by atoms with E-state index in [1.807, 2.05) is 19.2 Å². The molecule has 7 heteroatoms. The van der Waals surface area contributed by atoms with Crippen LogP contribution in [-0.4, -0.2) is 46.2 Å². The van der Waals surface area contributed by atoms with Gasteiger partial charge in [0, 0.05) is 54.3 Å². The highest BCUT2D eigenvalue weighted by molar-refractivity contribution is 9.10. The summed E-state index contributed by atoms with van der Waals surface area (Å²) in [5.74, 6) is 1.49. The lowest BCUT2D eigenvalue weighted by atomic mass is 10.1. The van der Waals surface area contributed by atoms with E-state index in [0.29, 0.717) is 5.89 Å². The van der Waals surface area contributed by atoms with Crippen LogP contribution in [0.25, 0.3) is 10.9 Å². The van der Waals surface area contributed by atoms with Gasteiger partial charge in [0.05, 0.1) is 11.6 Å². The van der Waals surface area contributed by atoms with E-state index in [0.717, 1.165) is 48.4 Å². The summed E-state index contributed by atoms with van der Waals surface area (Å²) in [6.07, 6.45) is 2.69. The molecule has 1 aliphatic heterocycles. The second-order valence-electron chi connectivity index (χ2n) is 6.57. The Morgan fingerprint density at radius 1 is 1.19 bits per heavy atom. The highest BCUT2D eigenvalue weighted by Crippen LogP contribution is 2.31. The van der Waals surface area contributed by atoms with E-state index < -0.39 is 0 Å². The van der Waals surface area contributed by atoms with Gasteiger partial charge >= 0.3 is 0 Å². The summed E-state index contributed by atoms with van der Waals surface area (Å²) in [7, 11) is 0. The monoisotopic (exact) mass is 415 g/mol. The third kappa shape index (κ3) is 3.21. The Hall–Kier alpha value is -1.99. The fourth-order valence-corrected chi connectivity index (χ4v) is 3.96. The number of benzene rings is 1. The summed E-state index contributed by atoms with van der Waals surface area (Å²) in [4.78, 5) is 13.8. The van der Waals surface area contributed by atoms with Crippen LogP contribution in [0, 0.1) is 0 Å². The number of hydrogen-bond acceptors (Lipinski definition) is 6. The number of aromatic nitrogens is 3. The van der Waals surface area contributed by atoms with Crippen LogP contribution < -0.4 is 4.90 Å². The van der Waals surface area contributed by atoms with Crippen molar-refractivity contribution in [3.63, 3.8) is 0 Å². The highest BCUT2D eigenvalue weighted by Gasteiger charge is 2.26. The zero-order valence-corrected chi connectivity index (χ0v) is 16.6. The van der Waals surface area contributed by atoms with Gasteiger partial charge in [-0.05, 0) is 35.0 Å². The molecule has 0 saturated carbocycles. The Kier molecular flexibility index (Phi) is 4.91. The van der Waals surface area contributed by atoms with Gasteiger partial charge in [-0.25, -0.2) is 0 Å². The Morgan fingerprint density at radius 2 is 2.00 bits per heavy atom. The first-order chi connectivity index (χ1) is 12.7. The molecular formula is C19H22BrN5O. The number of halogens is 1. The maximum absolute atomic E-state index is 5.42. The number of fused-ring (bicyclic) bond motifs is 1. The van der Waals surface area contributed by atoms with Crippen LogP contribution in [0.3, 0.4) is 0 Å². The molecule has 0 aliphatic carbocycles. The van der Waals surface area contributed by atoms with Gasteiger partial charge in [-0.3, -0.25) is 9.88 Å². The molecule has 1 atom stereocenters. The van der Waals surface area contributed by atoms with E-state index in [4.69, 9.17) is 4.52 Å². The van der Waals surface area contributed by atoms with Crippen molar-refractivity contribution < 1.29 is 4.52 Å². The number of piperazine rings is 1. The minimum atomic E-state index is 0.147. The number of rotatable bonds is 4. The molecule has 0 N–H and O–H groups in total. The maximum Gasteiger partial charge on any atom is 0.243 e. The highest BCUT2D eigenvalue weighted by atomic mass is 79.9. The fraction of sp³-hybridized carbons (Fsp3) is 0.421. The molecule has 3 heterocycles. The van der Waals surface area contributed by atoms with Crippen molar-refractivity contribution in [1.82, 2.24) is 20.0 Å². The topological polar surface area (TPSA) is 58.3 Å². The lowest BCUT2D eigenvalue weighted by Gasteiger charge is -2.38. The van der Waals surface area contributed by atoms with Crippen molar-refractivity contribution in [2.24, 2.45) is 0 Å². The zero-order chi connectivity index (χ0) is 18.1. The molecule has 0 amide bonds. The average Bonchev–Trinajstić information content (AvgIpc) is 3.17. The van der Waals surface area contributed by atoms with E-state index in [1.165, 1.54) is 11.1 Å². The standard InChI is InChI=1S/C19H22BrN5O/c1-3-17-22-19(26-23-17)13(2)24-9-11-25(12-10-24)16-7-8-21-18-14(16)5-4-6-15(18)20/h4-8,13H,3,9-12H2,1-2H3. The first-order valence-corrected chi connectivity index (χ1v) is 9.81. The lowest BCUT2D eigenvalue weighted by molar-refractivity contribution is 0.164. The van der Waals surface area contributed by atoms with Crippen molar-refractivity contribution in [3.05, 3.63) is 46.7 Å². The van der Waals surface area contributed by atoms with Gasteiger partial charge in [-0.2, -0.15) is 4.98 Å². The first-order valence-electron chi connectivity index (χ1n) is 9.02. The molecule has 3 aromatic rings. The van der Waals surface area contributed by atoms with E-state index in [1.54, 1.807) is 0 Å². The van der Waals surface area contributed by atoms with Gasteiger partial charge in [-0.15, -0.1) is 0 Å². The van der Waals surface area contributed by atoms with Crippen LogP contribution in [0.2, 0.25) is 0 Å². The molecule has 1 fully saturated rings. The van der Waals surface area contributed by atoms with Crippen molar-refractivity contribution in [1.29, 1.82) is 0 Å². The summed E-state index contributed by atoms with van der Waals surface area (Å²) in [5, 5.41) is 5.21. The van der Waals surface area contributed by atoms with Gasteiger partial charge in [0.15, 0.2) is 5.82 Å². The van der Waals surface area contributed by atoms with Gasteiger partial charge < -0.3 is 9.42 Å². The molecule has 1 aromatic carbocycles. The molecule has 0 radical (unpaired) electrons. The summed E-state index contributed by atoms with van der Waals surface area (Å²) < 4.78 is 6.46. The van der Waals surface area contributed by atoms with E-state index in [-0.39, 0.29) is 6.04 Å². The summed E-state index contributed by atoms with van der Waals surface area (Å²) in [5.41, 5.74) is 2.26. The molecule has 1 unspecified atom stereocenters. The second kappa shape index (κ2) is 7.32. The molecule has 6 nitrogen and oxygen atoms in total. The number of anilines is 1. The van der Waals surface area contributed by atoms with Gasteiger partial charge in [0.1, 0.15) is 0 Å². The van der Waals surface area contributed by atoms with Gasteiger partial charge in [-0.1, -0.05) is 24.2 Å². The Bertz CT molecular complexity index is 904. The predicted octanol–water partition coefficient (Wildman–Crippen LogP) is 3.83. The maximum atomic E-state index is 5.42. The molecule has 136 valence electrons. The first kappa shape index (κ1) is 17.4. The molecule has 1 saturated heterocycles. The molecule has 2 aromatic heterocycles. The third-order valence-corrected chi connectivity index (χ3v) is 5.70. The number of aryl methyl sites for hydroxylation is 1. The van der Waals surface area contributed by atoms with Crippen LogP contribution in [0.4, 0.5) is 5.69 Å². The molecular weight excluding hydrogens is 394 g/mol. The number of pyridine rings is 1. The molecule has 1 aliphatic rings. The van der Waals surface area contributed by atoms with Crippen molar-refractivity contribution in [3.8, 4) is 0 Å². The predicted molar refractivity (Wildman–Crippen MR) is 105 cm³/mol. The minimum absolute atomic E-state index is 0.147. The lowest BCUT2D eigenvalue weighted by Crippen LogP contribution is -2.47. The van der Waals surface area contributed by atoms with Crippen LogP contribution in [-0.2, 0) is 6.42 Å². The second-order valence-corrected chi connectivity index (χ2v) is 7.42. The third-order valence-electron chi connectivity index (χ3n) is 5.06. The quantitative estimate of drug-likeness (QED) is 0.645. The molecule has 0 spiro atoms. The molecule has 0 bridgehead atoms. The molecule has 26 heavy (non-hydrogen) atoms. The number of nitrogens with zero attached hydrogens (tertiary/aromatic N) is 5. The van der Waals surface area contributed by atoms with Gasteiger partial charge in [0.2, 0.25) is 5.89 Å². The summed E-state index contributed by atoms with van der Waals surface area (Å²) in [6, 6.07) is 8.50. The fourth-order valence-electron chi connectivity index (χ4n) is 3.49.